The number of ether oxygens (including phenoxy) is 4. The zero-order valence-electron chi connectivity index (χ0n) is 28.2. The van der Waals surface area contributed by atoms with E-state index in [1.165, 1.54) is 6.07 Å². The molecule has 0 unspecified atom stereocenters. The molecule has 0 amide bonds. The van der Waals surface area contributed by atoms with Crippen LogP contribution < -0.4 is 14.4 Å². The van der Waals surface area contributed by atoms with Crippen molar-refractivity contribution < 1.29 is 28.1 Å². The topological polar surface area (TPSA) is 83.0 Å². The second-order valence-electron chi connectivity index (χ2n) is 13.8. The van der Waals surface area contributed by atoms with Gasteiger partial charge in [0.2, 0.25) is 0 Å². The summed E-state index contributed by atoms with van der Waals surface area (Å²) < 4.78 is 37.3. The molecule has 3 heterocycles. The minimum Gasteiger partial charge on any atom is -0.490 e. The molecule has 1 atom stereocenters. The van der Waals surface area contributed by atoms with E-state index in [1.54, 1.807) is 25.3 Å². The number of piperidine rings is 1. The first-order chi connectivity index (χ1) is 21.1. The highest BCUT2D eigenvalue weighted by Gasteiger charge is 2.37. The number of halogens is 1. The zero-order chi connectivity index (χ0) is 32.9. The number of benzene rings is 1. The highest BCUT2D eigenvalue weighted by molar-refractivity contribution is 5.86. The molecule has 9 heteroatoms. The van der Waals surface area contributed by atoms with Gasteiger partial charge in [0.25, 0.3) is 0 Å². The van der Waals surface area contributed by atoms with Crippen molar-refractivity contribution in [1.29, 1.82) is 0 Å². The molecule has 3 aromatic rings. The molecule has 0 aliphatic carbocycles. The SMILES string of the molecule is Cc1cc(OCCOc2ccc(-c3cnc(C)c([C@H](OC(C)(C)C)C(=O)OC(C)C)c3N3CCC(C)(C)CC3)nc2)ccc1F. The Bertz CT molecular complexity index is 1460. The fourth-order valence-electron chi connectivity index (χ4n) is 5.31. The maximum absolute atomic E-state index is 13.6. The minimum atomic E-state index is -0.961. The van der Waals surface area contributed by atoms with Crippen LogP contribution in [-0.2, 0) is 14.3 Å². The molecule has 1 aromatic carbocycles. The quantitative estimate of drug-likeness (QED) is 0.159. The van der Waals surface area contributed by atoms with Crippen LogP contribution in [0.1, 0.15) is 84.2 Å². The Morgan fingerprint density at radius 2 is 1.62 bits per heavy atom. The van der Waals surface area contributed by atoms with Gasteiger partial charge in [-0.05, 0) is 103 Å². The first-order valence-corrected chi connectivity index (χ1v) is 15.7. The number of hydrogen-bond acceptors (Lipinski definition) is 8. The number of carbonyl (C=O) groups excluding carboxylic acids is 1. The first kappa shape index (κ1) is 34.2. The van der Waals surface area contributed by atoms with E-state index < -0.39 is 17.7 Å². The van der Waals surface area contributed by atoms with Crippen LogP contribution in [0.4, 0.5) is 10.1 Å². The lowest BCUT2D eigenvalue weighted by atomic mass is 9.82. The fourth-order valence-corrected chi connectivity index (χ4v) is 5.31. The maximum Gasteiger partial charge on any atom is 0.340 e. The molecule has 0 saturated carbocycles. The van der Waals surface area contributed by atoms with Crippen LogP contribution in [0.15, 0.2) is 42.7 Å². The molecule has 1 aliphatic heterocycles. The van der Waals surface area contributed by atoms with Gasteiger partial charge < -0.3 is 23.8 Å². The zero-order valence-corrected chi connectivity index (χ0v) is 28.2. The molecule has 0 bridgehead atoms. The number of esters is 1. The van der Waals surface area contributed by atoms with Crippen molar-refractivity contribution in [2.45, 2.75) is 93.0 Å². The molecule has 1 fully saturated rings. The van der Waals surface area contributed by atoms with E-state index >= 15 is 0 Å². The van der Waals surface area contributed by atoms with Crippen LogP contribution in [0.25, 0.3) is 11.3 Å². The van der Waals surface area contributed by atoms with Crippen molar-refractivity contribution in [3.63, 3.8) is 0 Å². The summed E-state index contributed by atoms with van der Waals surface area (Å²) in [6.07, 6.45) is 4.27. The Hall–Kier alpha value is -3.72. The van der Waals surface area contributed by atoms with Gasteiger partial charge in [0.1, 0.15) is 30.5 Å². The van der Waals surface area contributed by atoms with Gasteiger partial charge in [-0.2, -0.15) is 0 Å². The lowest BCUT2D eigenvalue weighted by Gasteiger charge is -2.41. The number of aromatic nitrogens is 2. The smallest absolute Gasteiger partial charge is 0.340 e. The Balaban J connectivity index is 1.65. The summed E-state index contributed by atoms with van der Waals surface area (Å²) in [7, 11) is 0. The molecule has 45 heavy (non-hydrogen) atoms. The van der Waals surface area contributed by atoms with Gasteiger partial charge in [-0.1, -0.05) is 13.8 Å². The van der Waals surface area contributed by atoms with Crippen LogP contribution in [0.5, 0.6) is 11.5 Å². The summed E-state index contributed by atoms with van der Waals surface area (Å²) in [4.78, 5) is 25.5. The second kappa shape index (κ2) is 14.1. The molecule has 0 spiro atoms. The lowest BCUT2D eigenvalue weighted by Crippen LogP contribution is -2.39. The van der Waals surface area contributed by atoms with Crippen LogP contribution in [0.2, 0.25) is 0 Å². The van der Waals surface area contributed by atoms with Gasteiger partial charge in [0, 0.05) is 36.1 Å². The number of aryl methyl sites for hydroxylation is 2. The average molecular weight is 622 g/mol. The van der Waals surface area contributed by atoms with E-state index in [0.717, 1.165) is 37.2 Å². The van der Waals surface area contributed by atoms with Gasteiger partial charge in [-0.25, -0.2) is 9.18 Å². The molecule has 4 rings (SSSR count). The van der Waals surface area contributed by atoms with E-state index in [-0.39, 0.29) is 17.3 Å². The number of rotatable bonds is 11. The van der Waals surface area contributed by atoms with Gasteiger partial charge in [0.05, 0.1) is 29.3 Å². The van der Waals surface area contributed by atoms with Crippen molar-refractivity contribution in [2.75, 3.05) is 31.2 Å². The summed E-state index contributed by atoms with van der Waals surface area (Å²) in [5.74, 6) is 0.484. The number of hydrogen-bond donors (Lipinski definition) is 0. The summed E-state index contributed by atoms with van der Waals surface area (Å²) in [6.45, 7) is 19.9. The van der Waals surface area contributed by atoms with E-state index in [4.69, 9.17) is 28.9 Å². The van der Waals surface area contributed by atoms with Crippen LogP contribution in [0, 0.1) is 25.1 Å². The molecule has 244 valence electrons. The number of anilines is 1. The van der Waals surface area contributed by atoms with Crippen molar-refractivity contribution in [1.82, 2.24) is 9.97 Å². The van der Waals surface area contributed by atoms with Crippen LogP contribution in [-0.4, -0.2) is 53.9 Å². The first-order valence-electron chi connectivity index (χ1n) is 15.7. The summed E-state index contributed by atoms with van der Waals surface area (Å²) in [6, 6.07) is 8.42. The predicted molar refractivity (Wildman–Crippen MR) is 174 cm³/mol. The Kier molecular flexibility index (Phi) is 10.7. The third kappa shape index (κ3) is 9.16. The lowest BCUT2D eigenvalue weighted by molar-refractivity contribution is -0.171. The molecular formula is C36H48FN3O5. The summed E-state index contributed by atoms with van der Waals surface area (Å²) in [5, 5.41) is 0. The molecule has 0 radical (unpaired) electrons. The fraction of sp³-hybridized carbons (Fsp3) is 0.528. The van der Waals surface area contributed by atoms with Crippen molar-refractivity contribution in [3.8, 4) is 22.8 Å². The van der Waals surface area contributed by atoms with Gasteiger partial charge in [-0.15, -0.1) is 0 Å². The van der Waals surface area contributed by atoms with E-state index in [2.05, 4.69) is 18.7 Å². The molecule has 0 N–H and O–H groups in total. The van der Waals surface area contributed by atoms with E-state index in [1.807, 2.05) is 59.9 Å². The Labute approximate surface area is 267 Å². The number of nitrogens with zero attached hydrogens (tertiary/aromatic N) is 3. The van der Waals surface area contributed by atoms with Crippen LogP contribution >= 0.6 is 0 Å². The van der Waals surface area contributed by atoms with E-state index in [9.17, 15) is 9.18 Å². The second-order valence-corrected chi connectivity index (χ2v) is 13.8. The normalized spacial score (nSPS) is 15.6. The minimum absolute atomic E-state index is 0.229. The van der Waals surface area contributed by atoms with Gasteiger partial charge in [-0.3, -0.25) is 9.97 Å². The molecule has 1 aliphatic rings. The van der Waals surface area contributed by atoms with Crippen LogP contribution in [0.3, 0.4) is 0 Å². The Morgan fingerprint density at radius 3 is 2.20 bits per heavy atom. The van der Waals surface area contributed by atoms with Gasteiger partial charge >= 0.3 is 5.97 Å². The maximum atomic E-state index is 13.6. The third-order valence-electron chi connectivity index (χ3n) is 7.78. The summed E-state index contributed by atoms with van der Waals surface area (Å²) in [5.41, 5.74) is 4.00. The number of carbonyl (C=O) groups is 1. The monoisotopic (exact) mass is 621 g/mol. The van der Waals surface area contributed by atoms with Crippen molar-refractivity contribution in [3.05, 3.63) is 65.4 Å². The van der Waals surface area contributed by atoms with E-state index in [0.29, 0.717) is 47.2 Å². The average Bonchev–Trinajstić information content (AvgIpc) is 2.95. The molecular weight excluding hydrogens is 573 g/mol. The summed E-state index contributed by atoms with van der Waals surface area (Å²) >= 11 is 0. The molecule has 2 aromatic heterocycles. The van der Waals surface area contributed by atoms with Crippen molar-refractivity contribution >= 4 is 11.7 Å². The predicted octanol–water partition coefficient (Wildman–Crippen LogP) is 7.79. The Morgan fingerprint density at radius 1 is 0.978 bits per heavy atom. The largest absolute Gasteiger partial charge is 0.490 e. The number of pyridine rings is 2. The third-order valence-corrected chi connectivity index (χ3v) is 7.78. The molecule has 1 saturated heterocycles. The standard InChI is InChI=1S/C36H48FN3O5/c1-23(2)44-34(41)33(45-35(5,6)7)31-25(4)38-22-28(32(31)40-16-14-36(8,9)15-17-40)30-13-11-27(21-39-30)43-19-18-42-26-10-12-29(37)24(3)20-26/h10-13,20-23,33H,14-19H2,1-9H3/t33-/m0/s1. The van der Waals surface area contributed by atoms with Crippen molar-refractivity contribution in [2.24, 2.45) is 5.41 Å². The van der Waals surface area contributed by atoms with Gasteiger partial charge in [0.15, 0.2) is 6.10 Å². The highest BCUT2D eigenvalue weighted by Crippen LogP contribution is 2.43. The highest BCUT2D eigenvalue weighted by atomic mass is 19.1. The molecule has 8 nitrogen and oxygen atoms in total.